The molecule has 0 aliphatic rings. The van der Waals surface area contributed by atoms with Gasteiger partial charge in [-0.15, -0.1) is 0 Å². The van der Waals surface area contributed by atoms with E-state index in [1.165, 1.54) is 24.3 Å². The lowest BCUT2D eigenvalue weighted by molar-refractivity contribution is -0.140. The summed E-state index contributed by atoms with van der Waals surface area (Å²) in [5, 5.41) is 0. The first kappa shape index (κ1) is 14.9. The lowest BCUT2D eigenvalue weighted by atomic mass is 10.0. The third kappa shape index (κ3) is 3.69. The van der Waals surface area contributed by atoms with Crippen molar-refractivity contribution < 1.29 is 31.1 Å². The second-order valence-corrected chi connectivity index (χ2v) is 5.24. The molecule has 10 heteroatoms. The molecule has 0 unspecified atom stereocenters. The average Bonchev–Trinajstić information content (AvgIpc) is 2.64. The standard InChI is InChI=1S/C17H13F4N3O3/c1-26-12-6-8-24-15(25)13(14(17(19,20)21)23-16(24)22-12)10-2-4-11(5-3-10)27-9-7-18/h2-6,8H,7,9H2,1H3/i1D3. The van der Waals surface area contributed by atoms with Gasteiger partial charge in [-0.05, 0) is 17.7 Å². The van der Waals surface area contributed by atoms with Gasteiger partial charge in [-0.2, -0.15) is 18.2 Å². The van der Waals surface area contributed by atoms with Crippen molar-refractivity contribution in [2.75, 3.05) is 20.3 Å². The zero-order valence-corrected chi connectivity index (χ0v) is 13.5. The fraction of sp³-hybridized carbons (Fsp3) is 0.235. The Bertz CT molecular complexity index is 1120. The highest BCUT2D eigenvalue weighted by Gasteiger charge is 2.38. The monoisotopic (exact) mass is 386 g/mol. The summed E-state index contributed by atoms with van der Waals surface area (Å²) < 4.78 is 84.5. The largest absolute Gasteiger partial charge is 0.491 e. The van der Waals surface area contributed by atoms with E-state index in [1.54, 1.807) is 0 Å². The third-order valence-corrected chi connectivity index (χ3v) is 3.54. The van der Waals surface area contributed by atoms with Gasteiger partial charge in [0, 0.05) is 12.3 Å². The summed E-state index contributed by atoms with van der Waals surface area (Å²) in [5.74, 6) is -0.982. The fourth-order valence-electron chi connectivity index (χ4n) is 2.41. The van der Waals surface area contributed by atoms with E-state index in [1.807, 2.05) is 0 Å². The summed E-state index contributed by atoms with van der Waals surface area (Å²) in [6, 6.07) is 6.05. The number of ether oxygens (including phenoxy) is 2. The molecule has 0 aliphatic heterocycles. The first-order chi connectivity index (χ1) is 14.0. The van der Waals surface area contributed by atoms with Gasteiger partial charge in [-0.25, -0.2) is 9.37 Å². The lowest BCUT2D eigenvalue weighted by Gasteiger charge is -2.13. The second kappa shape index (κ2) is 7.22. The van der Waals surface area contributed by atoms with E-state index in [2.05, 4.69) is 14.7 Å². The van der Waals surface area contributed by atoms with Crippen LogP contribution >= 0.6 is 0 Å². The Hall–Kier alpha value is -3.17. The minimum atomic E-state index is -5.00. The van der Waals surface area contributed by atoms with Crippen molar-refractivity contribution in [3.8, 4) is 22.8 Å². The highest BCUT2D eigenvalue weighted by molar-refractivity contribution is 5.67. The van der Waals surface area contributed by atoms with E-state index in [-0.39, 0.29) is 17.9 Å². The van der Waals surface area contributed by atoms with E-state index in [0.717, 1.165) is 16.7 Å². The fourth-order valence-corrected chi connectivity index (χ4v) is 2.41. The van der Waals surface area contributed by atoms with Crippen molar-refractivity contribution in [1.82, 2.24) is 14.4 Å². The van der Waals surface area contributed by atoms with Crippen molar-refractivity contribution in [1.29, 1.82) is 0 Å². The summed E-state index contributed by atoms with van der Waals surface area (Å²) in [5.41, 5.74) is -3.39. The highest BCUT2D eigenvalue weighted by atomic mass is 19.4. The second-order valence-electron chi connectivity index (χ2n) is 5.24. The maximum atomic E-state index is 13.6. The van der Waals surface area contributed by atoms with Crippen LogP contribution in [0, 0.1) is 0 Å². The Labute approximate surface area is 154 Å². The molecule has 0 saturated carbocycles. The van der Waals surface area contributed by atoms with Gasteiger partial charge in [0.2, 0.25) is 11.7 Å². The zero-order chi connectivity index (χ0) is 22.1. The van der Waals surface area contributed by atoms with Crippen LogP contribution in [0.2, 0.25) is 0 Å². The van der Waals surface area contributed by atoms with Gasteiger partial charge in [0.15, 0.2) is 5.69 Å². The highest BCUT2D eigenvalue weighted by Crippen LogP contribution is 2.34. The summed E-state index contributed by atoms with van der Waals surface area (Å²) in [6.07, 6.45) is -3.99. The van der Waals surface area contributed by atoms with Crippen molar-refractivity contribution in [3.63, 3.8) is 0 Å². The average molecular weight is 386 g/mol. The summed E-state index contributed by atoms with van der Waals surface area (Å²) in [7, 11) is -2.88. The lowest BCUT2D eigenvalue weighted by Crippen LogP contribution is -2.24. The molecule has 0 radical (unpaired) electrons. The molecule has 3 rings (SSSR count). The van der Waals surface area contributed by atoms with Gasteiger partial charge in [0.1, 0.15) is 19.0 Å². The van der Waals surface area contributed by atoms with Gasteiger partial charge >= 0.3 is 6.18 Å². The van der Waals surface area contributed by atoms with E-state index < -0.39 is 48.4 Å². The normalized spacial score (nSPS) is 13.7. The summed E-state index contributed by atoms with van der Waals surface area (Å²) >= 11 is 0. The van der Waals surface area contributed by atoms with Crippen LogP contribution in [0.15, 0.2) is 41.3 Å². The van der Waals surface area contributed by atoms with Crippen LogP contribution in [-0.2, 0) is 6.18 Å². The molecule has 27 heavy (non-hydrogen) atoms. The Morgan fingerprint density at radius 1 is 1.19 bits per heavy atom. The zero-order valence-electron chi connectivity index (χ0n) is 16.5. The molecule has 0 spiro atoms. The number of hydrogen-bond donors (Lipinski definition) is 0. The van der Waals surface area contributed by atoms with Crippen LogP contribution < -0.4 is 15.0 Å². The number of alkyl halides is 4. The molecule has 1 aromatic carbocycles. The molecular weight excluding hydrogens is 370 g/mol. The number of nitrogens with zero attached hydrogens (tertiary/aromatic N) is 3. The van der Waals surface area contributed by atoms with Crippen molar-refractivity contribution in [2.24, 2.45) is 0 Å². The molecule has 142 valence electrons. The van der Waals surface area contributed by atoms with Crippen LogP contribution in [0.5, 0.6) is 11.6 Å². The van der Waals surface area contributed by atoms with E-state index in [4.69, 9.17) is 8.85 Å². The molecule has 2 heterocycles. The van der Waals surface area contributed by atoms with Crippen LogP contribution in [0.3, 0.4) is 0 Å². The number of benzene rings is 1. The topological polar surface area (TPSA) is 65.7 Å². The minimum absolute atomic E-state index is 0.0929. The van der Waals surface area contributed by atoms with E-state index in [9.17, 15) is 22.4 Å². The van der Waals surface area contributed by atoms with Crippen LogP contribution in [0.4, 0.5) is 17.6 Å². The Morgan fingerprint density at radius 2 is 1.93 bits per heavy atom. The van der Waals surface area contributed by atoms with Gasteiger partial charge in [0.25, 0.3) is 5.56 Å². The number of hydrogen-bond acceptors (Lipinski definition) is 5. The number of methoxy groups -OCH3 is 1. The van der Waals surface area contributed by atoms with Crippen LogP contribution in [0.1, 0.15) is 9.81 Å². The Kier molecular flexibility index (Phi) is 3.99. The molecule has 0 aliphatic carbocycles. The molecule has 0 amide bonds. The van der Waals surface area contributed by atoms with Gasteiger partial charge in [-0.3, -0.25) is 9.20 Å². The van der Waals surface area contributed by atoms with Crippen molar-refractivity contribution in [3.05, 3.63) is 52.6 Å². The quantitative estimate of drug-likeness (QED) is 0.631. The first-order valence-electron chi connectivity index (χ1n) is 8.98. The SMILES string of the molecule is [2H]C([2H])([2H])Oc1ccn2c(=O)c(-c3ccc(OCCF)cc3)c(C(F)(F)F)nc2n1. The molecule has 6 nitrogen and oxygen atoms in total. The Balaban J connectivity index is 2.17. The first-order valence-corrected chi connectivity index (χ1v) is 7.48. The minimum Gasteiger partial charge on any atom is -0.491 e. The van der Waals surface area contributed by atoms with E-state index in [0.29, 0.717) is 0 Å². The maximum absolute atomic E-state index is 13.6. The van der Waals surface area contributed by atoms with Crippen molar-refractivity contribution in [2.45, 2.75) is 6.18 Å². The summed E-state index contributed by atoms with van der Waals surface area (Å²) in [6.45, 7) is -0.962. The third-order valence-electron chi connectivity index (χ3n) is 3.54. The molecular formula is C17H13F4N3O3. The van der Waals surface area contributed by atoms with Crippen LogP contribution in [-0.4, -0.2) is 34.7 Å². The Morgan fingerprint density at radius 3 is 2.56 bits per heavy atom. The van der Waals surface area contributed by atoms with Gasteiger partial charge in [-0.1, -0.05) is 12.1 Å². The number of halogens is 4. The van der Waals surface area contributed by atoms with Crippen molar-refractivity contribution >= 4 is 5.78 Å². The molecule has 0 saturated heterocycles. The van der Waals surface area contributed by atoms with Gasteiger partial charge in [0.05, 0.1) is 16.7 Å². The molecule has 2 aromatic heterocycles. The predicted octanol–water partition coefficient (Wildman–Crippen LogP) is 3.13. The number of aromatic nitrogens is 3. The smallest absolute Gasteiger partial charge is 0.434 e. The molecule has 0 N–H and O–H groups in total. The molecule has 0 bridgehead atoms. The number of fused-ring (bicyclic) bond motifs is 1. The molecule has 0 fully saturated rings. The molecule has 3 aromatic rings. The van der Waals surface area contributed by atoms with E-state index >= 15 is 0 Å². The number of rotatable bonds is 5. The summed E-state index contributed by atoms with van der Waals surface area (Å²) in [4.78, 5) is 19.8. The van der Waals surface area contributed by atoms with Crippen LogP contribution in [0.25, 0.3) is 16.9 Å². The van der Waals surface area contributed by atoms with Gasteiger partial charge < -0.3 is 9.47 Å². The predicted molar refractivity (Wildman–Crippen MR) is 87.7 cm³/mol. The maximum Gasteiger partial charge on any atom is 0.434 e. The molecule has 0 atom stereocenters.